The van der Waals surface area contributed by atoms with Gasteiger partial charge in [0.25, 0.3) is 0 Å². The fraction of sp³-hybridized carbons (Fsp3) is 0.200. The number of halogens is 3. The molecule has 80 valence electrons. The molecule has 3 N–H and O–H groups in total. The number of aryl methyl sites for hydroxylation is 1. The number of nitrogens with two attached hydrogens (primary N) is 1. The number of H-pyrrole nitrogens is 1. The monoisotopic (exact) mass is 214 g/mol. The Morgan fingerprint density at radius 2 is 1.93 bits per heavy atom. The van der Waals surface area contributed by atoms with E-state index in [2.05, 4.69) is 4.98 Å². The zero-order valence-electron chi connectivity index (χ0n) is 8.00. The second kappa shape index (κ2) is 3.27. The zero-order chi connectivity index (χ0) is 11.2. The molecule has 0 aliphatic heterocycles. The predicted molar refractivity (Wildman–Crippen MR) is 50.8 cm³/mol. The summed E-state index contributed by atoms with van der Waals surface area (Å²) in [6.07, 6.45) is 0. The third-order valence-corrected chi connectivity index (χ3v) is 2.44. The lowest BCUT2D eigenvalue weighted by Gasteiger charge is -1.99. The third-order valence-electron chi connectivity index (χ3n) is 2.44. The minimum absolute atomic E-state index is 0.0360. The molecule has 2 aromatic rings. The predicted octanol–water partition coefficient (Wildman–Crippen LogP) is 2.35. The Labute approximate surface area is 83.9 Å². The van der Waals surface area contributed by atoms with Crippen LogP contribution < -0.4 is 5.73 Å². The van der Waals surface area contributed by atoms with Gasteiger partial charge in [-0.05, 0) is 12.5 Å². The first-order chi connectivity index (χ1) is 7.06. The van der Waals surface area contributed by atoms with Crippen molar-refractivity contribution in [3.8, 4) is 0 Å². The van der Waals surface area contributed by atoms with Crippen LogP contribution in [0.4, 0.5) is 13.2 Å². The van der Waals surface area contributed by atoms with Crippen molar-refractivity contribution in [3.05, 3.63) is 34.8 Å². The molecule has 15 heavy (non-hydrogen) atoms. The normalized spacial score (nSPS) is 11.3. The summed E-state index contributed by atoms with van der Waals surface area (Å²) >= 11 is 0. The van der Waals surface area contributed by atoms with E-state index in [4.69, 9.17) is 5.73 Å². The van der Waals surface area contributed by atoms with Crippen molar-refractivity contribution in [1.82, 2.24) is 4.98 Å². The van der Waals surface area contributed by atoms with Gasteiger partial charge in [-0.3, -0.25) is 0 Å². The lowest BCUT2D eigenvalue weighted by molar-refractivity contribution is 0.453. The van der Waals surface area contributed by atoms with E-state index in [1.165, 1.54) is 0 Å². The third kappa shape index (κ3) is 1.31. The van der Waals surface area contributed by atoms with E-state index < -0.39 is 17.5 Å². The van der Waals surface area contributed by atoms with Crippen LogP contribution in [-0.4, -0.2) is 4.98 Å². The number of benzene rings is 1. The largest absolute Gasteiger partial charge is 0.358 e. The summed E-state index contributed by atoms with van der Waals surface area (Å²) in [6, 6.07) is 0.930. The van der Waals surface area contributed by atoms with E-state index >= 15 is 0 Å². The van der Waals surface area contributed by atoms with Crippen LogP contribution in [0, 0.1) is 24.4 Å². The van der Waals surface area contributed by atoms with Gasteiger partial charge in [0.1, 0.15) is 0 Å². The minimum atomic E-state index is -1.46. The van der Waals surface area contributed by atoms with Crippen molar-refractivity contribution in [2.75, 3.05) is 0 Å². The maximum atomic E-state index is 13.4. The molecule has 0 bridgehead atoms. The number of aromatic nitrogens is 1. The quantitative estimate of drug-likeness (QED) is 0.703. The maximum Gasteiger partial charge on any atom is 0.195 e. The number of hydrogen-bond acceptors (Lipinski definition) is 1. The van der Waals surface area contributed by atoms with Crippen LogP contribution in [-0.2, 0) is 6.54 Å². The highest BCUT2D eigenvalue weighted by molar-refractivity contribution is 5.85. The topological polar surface area (TPSA) is 41.8 Å². The van der Waals surface area contributed by atoms with Gasteiger partial charge in [0.05, 0.1) is 5.52 Å². The minimum Gasteiger partial charge on any atom is -0.358 e. The van der Waals surface area contributed by atoms with Crippen molar-refractivity contribution in [2.24, 2.45) is 5.73 Å². The van der Waals surface area contributed by atoms with Gasteiger partial charge in [-0.2, -0.15) is 0 Å². The average Bonchev–Trinajstić information content (AvgIpc) is 2.50. The van der Waals surface area contributed by atoms with Crippen LogP contribution in [0.2, 0.25) is 0 Å². The van der Waals surface area contributed by atoms with Gasteiger partial charge < -0.3 is 10.7 Å². The molecule has 0 unspecified atom stereocenters. The van der Waals surface area contributed by atoms with E-state index in [9.17, 15) is 13.2 Å². The molecule has 0 spiro atoms. The highest BCUT2D eigenvalue weighted by Gasteiger charge is 2.18. The first-order valence-corrected chi connectivity index (χ1v) is 4.41. The molecule has 0 atom stereocenters. The Morgan fingerprint density at radius 3 is 2.53 bits per heavy atom. The summed E-state index contributed by atoms with van der Waals surface area (Å²) in [4.78, 5) is 2.76. The highest BCUT2D eigenvalue weighted by atomic mass is 19.2. The molecule has 2 nitrogen and oxygen atoms in total. The van der Waals surface area contributed by atoms with E-state index in [1.807, 2.05) is 0 Å². The molecule has 2 rings (SSSR count). The Morgan fingerprint density at radius 1 is 1.27 bits per heavy atom. The smallest absolute Gasteiger partial charge is 0.195 e. The summed E-state index contributed by atoms with van der Waals surface area (Å²) in [5.41, 5.74) is 6.74. The van der Waals surface area contributed by atoms with Gasteiger partial charge in [-0.25, -0.2) is 13.2 Å². The van der Waals surface area contributed by atoms with Crippen molar-refractivity contribution < 1.29 is 13.2 Å². The average molecular weight is 214 g/mol. The Balaban J connectivity index is 2.93. The number of hydrogen-bond donors (Lipinski definition) is 2. The summed E-state index contributed by atoms with van der Waals surface area (Å²) in [6.45, 7) is 1.76. The second-order valence-electron chi connectivity index (χ2n) is 3.34. The fourth-order valence-corrected chi connectivity index (χ4v) is 1.71. The number of rotatable bonds is 1. The van der Waals surface area contributed by atoms with E-state index in [1.54, 1.807) is 6.92 Å². The molecule has 0 fully saturated rings. The molecule has 0 saturated carbocycles. The van der Waals surface area contributed by atoms with Crippen LogP contribution >= 0.6 is 0 Å². The first-order valence-electron chi connectivity index (χ1n) is 4.41. The van der Waals surface area contributed by atoms with Gasteiger partial charge in [0.2, 0.25) is 0 Å². The van der Waals surface area contributed by atoms with E-state index in [0.29, 0.717) is 11.3 Å². The van der Waals surface area contributed by atoms with E-state index in [0.717, 1.165) is 6.07 Å². The van der Waals surface area contributed by atoms with Crippen LogP contribution in [0.1, 0.15) is 11.3 Å². The fourth-order valence-electron chi connectivity index (χ4n) is 1.71. The lowest BCUT2D eigenvalue weighted by atomic mass is 10.1. The summed E-state index contributed by atoms with van der Waals surface area (Å²) in [5.74, 6) is -3.85. The van der Waals surface area contributed by atoms with Crippen molar-refractivity contribution >= 4 is 10.9 Å². The van der Waals surface area contributed by atoms with Crippen molar-refractivity contribution in [2.45, 2.75) is 13.5 Å². The van der Waals surface area contributed by atoms with Gasteiger partial charge in [-0.1, -0.05) is 0 Å². The molecular formula is C10H9F3N2. The molecule has 1 aromatic carbocycles. The van der Waals surface area contributed by atoms with E-state index in [-0.39, 0.29) is 17.4 Å². The van der Waals surface area contributed by atoms with Gasteiger partial charge in [0.15, 0.2) is 17.5 Å². The molecule has 0 amide bonds. The zero-order valence-corrected chi connectivity index (χ0v) is 8.00. The van der Waals surface area contributed by atoms with Crippen LogP contribution in [0.3, 0.4) is 0 Å². The standard InChI is InChI=1S/C10H9F3N2/c1-4-5(3-14)8-7(15-4)2-6(11)9(12)10(8)13/h2,15H,3,14H2,1H3. The van der Waals surface area contributed by atoms with Crippen LogP contribution in [0.25, 0.3) is 10.9 Å². The molecule has 5 heteroatoms. The van der Waals surface area contributed by atoms with Crippen molar-refractivity contribution in [1.29, 1.82) is 0 Å². The molecule has 0 aliphatic carbocycles. The molecule has 1 aromatic heterocycles. The Hall–Kier alpha value is -1.49. The molecular weight excluding hydrogens is 205 g/mol. The molecule has 0 radical (unpaired) electrons. The Bertz CT molecular complexity index is 531. The van der Waals surface area contributed by atoms with Gasteiger partial charge in [-0.15, -0.1) is 0 Å². The Kier molecular flexibility index (Phi) is 2.19. The lowest BCUT2D eigenvalue weighted by Crippen LogP contribution is -1.99. The number of fused-ring (bicyclic) bond motifs is 1. The van der Waals surface area contributed by atoms with Crippen LogP contribution in [0.15, 0.2) is 6.07 Å². The summed E-state index contributed by atoms with van der Waals surface area (Å²) in [7, 11) is 0. The van der Waals surface area contributed by atoms with Gasteiger partial charge in [0, 0.05) is 23.7 Å². The number of aromatic amines is 1. The summed E-state index contributed by atoms with van der Waals surface area (Å²) < 4.78 is 39.3. The SMILES string of the molecule is Cc1[nH]c2cc(F)c(F)c(F)c2c1CN. The molecule has 1 heterocycles. The maximum absolute atomic E-state index is 13.4. The van der Waals surface area contributed by atoms with Crippen molar-refractivity contribution in [3.63, 3.8) is 0 Å². The number of nitrogens with one attached hydrogen (secondary N) is 1. The first kappa shape index (κ1) is 10.0. The summed E-state index contributed by atoms with van der Waals surface area (Å²) in [5, 5.41) is 0.0360. The van der Waals surface area contributed by atoms with Crippen LogP contribution in [0.5, 0.6) is 0 Å². The highest BCUT2D eigenvalue weighted by Crippen LogP contribution is 2.27. The molecule has 0 saturated heterocycles. The molecule has 0 aliphatic rings. The van der Waals surface area contributed by atoms with Gasteiger partial charge >= 0.3 is 0 Å². The second-order valence-corrected chi connectivity index (χ2v) is 3.34.